The fraction of sp³-hybridized carbons (Fsp3) is 0.238. The lowest BCUT2D eigenvalue weighted by molar-refractivity contribution is 0.0722. The zero-order valence-electron chi connectivity index (χ0n) is 17.3. The molecule has 6 nitrogen and oxygen atoms in total. The number of nitrogens with zero attached hydrogens (tertiary/aromatic N) is 3. The minimum absolute atomic E-state index is 0.270. The monoisotopic (exact) mass is 518 g/mol. The van der Waals surface area contributed by atoms with Crippen molar-refractivity contribution in [3.63, 3.8) is 0 Å². The van der Waals surface area contributed by atoms with E-state index in [0.29, 0.717) is 29.7 Å². The number of thiazole rings is 1. The summed E-state index contributed by atoms with van der Waals surface area (Å²) in [7, 11) is 0. The van der Waals surface area contributed by atoms with E-state index in [4.69, 9.17) is 17.3 Å². The smallest absolute Gasteiger partial charge is 0.357 e. The molecule has 0 spiro atoms. The zero-order valence-corrected chi connectivity index (χ0v) is 18.8. The molecule has 0 amide bonds. The Bertz CT molecular complexity index is 1200. The van der Waals surface area contributed by atoms with E-state index in [-0.39, 0.29) is 10.7 Å². The van der Waals surface area contributed by atoms with Gasteiger partial charge in [-0.05, 0) is 24.3 Å². The molecule has 0 saturated carbocycles. The summed E-state index contributed by atoms with van der Waals surface area (Å²) in [4.78, 5) is 20.4. The summed E-state index contributed by atoms with van der Waals surface area (Å²) in [5.41, 5.74) is 6.78. The highest BCUT2D eigenvalue weighted by Crippen LogP contribution is 2.31. The van der Waals surface area contributed by atoms with E-state index in [0.717, 1.165) is 30.1 Å². The number of ether oxygens (including phenoxy) is 1. The van der Waals surface area contributed by atoms with Gasteiger partial charge in [-0.1, -0.05) is 11.6 Å². The molecule has 13 heteroatoms. The average molecular weight is 519 g/mol. The number of aromatic nitrogens is 1. The van der Waals surface area contributed by atoms with Gasteiger partial charge >= 0.3 is 5.97 Å². The van der Waals surface area contributed by atoms with Gasteiger partial charge < -0.3 is 15.4 Å². The van der Waals surface area contributed by atoms with Crippen LogP contribution in [0.2, 0.25) is 5.02 Å². The zero-order chi connectivity index (χ0) is 24.6. The number of anilines is 2. The standard InChI is InChI=1S/C21H16ClF5N4O2S/c22-10-1-3-11(4-2-10)31-7-5-30(6-8-31)9-12-29-20(28)19(34-12)21(32)33-18-16(26)14(24)13(23)15(25)17(18)27/h1-4H,5-9,28H2. The average Bonchev–Trinajstić information content (AvgIpc) is 3.20. The van der Waals surface area contributed by atoms with Crippen molar-refractivity contribution in [1.82, 2.24) is 9.88 Å². The van der Waals surface area contributed by atoms with E-state index >= 15 is 0 Å². The molecule has 2 N–H and O–H groups in total. The summed E-state index contributed by atoms with van der Waals surface area (Å²) in [6.45, 7) is 3.19. The predicted octanol–water partition coefficient (Wildman–Crippen LogP) is 4.62. The molecule has 1 aliphatic heterocycles. The predicted molar refractivity (Wildman–Crippen MR) is 117 cm³/mol. The maximum atomic E-state index is 13.8. The molecular weight excluding hydrogens is 503 g/mol. The first kappa shape index (κ1) is 24.2. The van der Waals surface area contributed by atoms with Crippen LogP contribution in [0.5, 0.6) is 5.75 Å². The minimum atomic E-state index is -2.36. The molecule has 0 aliphatic carbocycles. The Labute approximate surface area is 199 Å². The molecule has 1 aromatic heterocycles. The number of halogens is 6. The first-order valence-corrected chi connectivity index (χ1v) is 11.1. The van der Waals surface area contributed by atoms with Crippen molar-refractivity contribution in [2.75, 3.05) is 36.8 Å². The maximum Gasteiger partial charge on any atom is 0.357 e. The molecule has 34 heavy (non-hydrogen) atoms. The van der Waals surface area contributed by atoms with Crippen LogP contribution in [0.1, 0.15) is 14.7 Å². The van der Waals surface area contributed by atoms with Gasteiger partial charge in [0.1, 0.15) is 10.8 Å². The molecule has 0 atom stereocenters. The van der Waals surface area contributed by atoms with Crippen LogP contribution < -0.4 is 15.4 Å². The van der Waals surface area contributed by atoms with Crippen LogP contribution in [-0.4, -0.2) is 42.0 Å². The van der Waals surface area contributed by atoms with Crippen LogP contribution in [-0.2, 0) is 6.54 Å². The van der Waals surface area contributed by atoms with Crippen molar-refractivity contribution in [3.8, 4) is 5.75 Å². The fourth-order valence-corrected chi connectivity index (χ4v) is 4.44. The molecule has 1 aliphatic rings. The van der Waals surface area contributed by atoms with Crippen molar-refractivity contribution in [2.45, 2.75) is 6.54 Å². The van der Waals surface area contributed by atoms with E-state index in [1.54, 1.807) is 0 Å². The lowest BCUT2D eigenvalue weighted by Gasteiger charge is -2.35. The number of nitrogen functional groups attached to an aromatic ring is 1. The largest absolute Gasteiger partial charge is 0.416 e. The van der Waals surface area contributed by atoms with Gasteiger partial charge in [-0.25, -0.2) is 22.9 Å². The van der Waals surface area contributed by atoms with Crippen LogP contribution in [0.4, 0.5) is 33.5 Å². The first-order chi connectivity index (χ1) is 16.2. The normalized spacial score (nSPS) is 14.5. The van der Waals surface area contributed by atoms with Crippen molar-refractivity contribution >= 4 is 40.4 Å². The number of nitrogens with two attached hydrogens (primary N) is 1. The second kappa shape index (κ2) is 9.72. The van der Waals surface area contributed by atoms with E-state index in [1.165, 1.54) is 0 Å². The Hall–Kier alpha value is -2.96. The molecule has 0 radical (unpaired) electrons. The van der Waals surface area contributed by atoms with Gasteiger partial charge in [-0.2, -0.15) is 8.78 Å². The molecule has 0 bridgehead atoms. The second-order valence-electron chi connectivity index (χ2n) is 7.35. The van der Waals surface area contributed by atoms with Crippen molar-refractivity contribution in [1.29, 1.82) is 0 Å². The highest BCUT2D eigenvalue weighted by Gasteiger charge is 2.30. The molecule has 3 aromatic rings. The summed E-state index contributed by atoms with van der Waals surface area (Å²) in [5.74, 6) is -14.7. The third-order valence-electron chi connectivity index (χ3n) is 5.17. The molecule has 1 saturated heterocycles. The van der Waals surface area contributed by atoms with Gasteiger partial charge in [0, 0.05) is 36.9 Å². The van der Waals surface area contributed by atoms with Gasteiger partial charge in [-0.3, -0.25) is 4.90 Å². The quantitative estimate of drug-likeness (QED) is 0.175. The van der Waals surface area contributed by atoms with E-state index in [2.05, 4.69) is 19.5 Å². The van der Waals surface area contributed by atoms with Gasteiger partial charge in [0.05, 0.1) is 6.54 Å². The molecule has 2 aromatic carbocycles. The lowest BCUT2D eigenvalue weighted by atomic mass is 10.2. The number of carbonyl (C=O) groups is 1. The topological polar surface area (TPSA) is 71.7 Å². The molecule has 4 rings (SSSR count). The highest BCUT2D eigenvalue weighted by atomic mass is 35.5. The summed E-state index contributed by atoms with van der Waals surface area (Å²) in [6.07, 6.45) is 0. The number of piperazine rings is 1. The van der Waals surface area contributed by atoms with Crippen LogP contribution in [0, 0.1) is 29.1 Å². The van der Waals surface area contributed by atoms with Crippen LogP contribution in [0.25, 0.3) is 0 Å². The second-order valence-corrected chi connectivity index (χ2v) is 8.87. The molecule has 2 heterocycles. The van der Waals surface area contributed by atoms with E-state index in [9.17, 15) is 26.7 Å². The Balaban J connectivity index is 1.41. The first-order valence-electron chi connectivity index (χ1n) is 9.87. The van der Waals surface area contributed by atoms with Crippen LogP contribution in [0.15, 0.2) is 24.3 Å². The summed E-state index contributed by atoms with van der Waals surface area (Å²) < 4.78 is 72.0. The number of rotatable bonds is 5. The molecular formula is C21H16ClF5N4O2S. The fourth-order valence-electron chi connectivity index (χ4n) is 3.41. The van der Waals surface area contributed by atoms with Crippen molar-refractivity contribution in [3.05, 3.63) is 68.3 Å². The van der Waals surface area contributed by atoms with Crippen LogP contribution in [0.3, 0.4) is 0 Å². The molecule has 1 fully saturated rings. The van der Waals surface area contributed by atoms with Gasteiger partial charge in [0.2, 0.25) is 34.8 Å². The van der Waals surface area contributed by atoms with E-state index < -0.39 is 40.8 Å². The lowest BCUT2D eigenvalue weighted by Crippen LogP contribution is -2.45. The highest BCUT2D eigenvalue weighted by molar-refractivity contribution is 7.14. The van der Waals surface area contributed by atoms with E-state index in [1.807, 2.05) is 24.3 Å². The number of carbonyl (C=O) groups excluding carboxylic acids is 1. The third kappa shape index (κ3) is 4.79. The number of esters is 1. The van der Waals surface area contributed by atoms with Crippen molar-refractivity contribution < 1.29 is 31.5 Å². The number of benzene rings is 2. The SMILES string of the molecule is Nc1nc(CN2CCN(c3ccc(Cl)cc3)CC2)sc1C(=O)Oc1c(F)c(F)c(F)c(F)c1F. The van der Waals surface area contributed by atoms with Gasteiger partial charge in [-0.15, -0.1) is 11.3 Å². The Morgan fingerprint density at radius 2 is 1.53 bits per heavy atom. The Kier molecular flexibility index (Phi) is 6.91. The Morgan fingerprint density at radius 3 is 2.12 bits per heavy atom. The molecule has 180 valence electrons. The summed E-state index contributed by atoms with van der Waals surface area (Å²) >= 11 is 6.74. The summed E-state index contributed by atoms with van der Waals surface area (Å²) in [6, 6.07) is 7.49. The Morgan fingerprint density at radius 1 is 0.971 bits per heavy atom. The van der Waals surface area contributed by atoms with Gasteiger partial charge in [0.15, 0.2) is 4.88 Å². The summed E-state index contributed by atoms with van der Waals surface area (Å²) in [5, 5.41) is 1.08. The molecule has 0 unspecified atom stereocenters. The van der Waals surface area contributed by atoms with Gasteiger partial charge in [0.25, 0.3) is 0 Å². The van der Waals surface area contributed by atoms with Crippen molar-refractivity contribution in [2.24, 2.45) is 0 Å². The number of hydrogen-bond acceptors (Lipinski definition) is 7. The van der Waals surface area contributed by atoms with Crippen LogP contribution >= 0.6 is 22.9 Å². The minimum Gasteiger partial charge on any atom is -0.416 e. The third-order valence-corrected chi connectivity index (χ3v) is 6.46. The maximum absolute atomic E-state index is 13.8. The number of hydrogen-bond donors (Lipinski definition) is 1.